The summed E-state index contributed by atoms with van der Waals surface area (Å²) in [7, 11) is -2.31. The summed E-state index contributed by atoms with van der Waals surface area (Å²) in [6.45, 7) is 3.19. The monoisotopic (exact) mass is 486 g/mol. The second-order valence-electron chi connectivity index (χ2n) is 7.47. The second-order valence-corrected chi connectivity index (χ2v) is 9.65. The molecule has 1 unspecified atom stereocenters. The third-order valence-corrected chi connectivity index (χ3v) is 5.88. The lowest BCUT2D eigenvalue weighted by Gasteiger charge is -2.26. The van der Waals surface area contributed by atoms with Gasteiger partial charge in [-0.05, 0) is 31.2 Å². The highest BCUT2D eigenvalue weighted by Gasteiger charge is 2.45. The normalized spacial score (nSPS) is 13.8. The van der Waals surface area contributed by atoms with Crippen LogP contribution in [0.1, 0.15) is 51.9 Å². The van der Waals surface area contributed by atoms with Crippen LogP contribution in [0.5, 0.6) is 11.6 Å². The number of hydrogen-bond donors (Lipinski definition) is 1. The van der Waals surface area contributed by atoms with Gasteiger partial charge in [-0.25, -0.2) is 13.4 Å². The molecule has 0 aliphatic carbocycles. The molecular formula is C22H22N4O7S. The molecule has 0 bridgehead atoms. The largest absolute Gasteiger partial charge is 0.491 e. The average Bonchev–Trinajstić information content (AvgIpc) is 3.02. The van der Waals surface area contributed by atoms with Crippen LogP contribution in [-0.2, 0) is 14.6 Å². The van der Waals surface area contributed by atoms with Crippen molar-refractivity contribution in [2.45, 2.75) is 19.9 Å². The maximum absolute atomic E-state index is 13.5. The standard InChI is InChI=1S/C22H22N4O7S/c1-5-33-20-17(32-3)9-8-14(25-20)16(11-34(4,30)31)26-21(28)18-13(10-23)6-7-15(24-12(2)27)19(18)22(26)29/h6-9,16H,5,11H2,1-4H3,(H,24,27). The summed E-state index contributed by atoms with van der Waals surface area (Å²) in [5.74, 6) is -2.49. The van der Waals surface area contributed by atoms with Crippen molar-refractivity contribution >= 4 is 33.2 Å². The molecule has 3 rings (SSSR count). The first-order valence-corrected chi connectivity index (χ1v) is 12.2. The Hall–Kier alpha value is -3.98. The van der Waals surface area contributed by atoms with E-state index in [9.17, 15) is 28.1 Å². The van der Waals surface area contributed by atoms with E-state index in [0.29, 0.717) is 0 Å². The maximum Gasteiger partial charge on any atom is 0.264 e. The number of aromatic nitrogens is 1. The number of hydrogen-bond acceptors (Lipinski definition) is 9. The van der Waals surface area contributed by atoms with Crippen LogP contribution in [0, 0.1) is 11.3 Å². The van der Waals surface area contributed by atoms with Gasteiger partial charge in [-0.1, -0.05) is 0 Å². The van der Waals surface area contributed by atoms with Crippen molar-refractivity contribution in [3.05, 3.63) is 46.6 Å². The summed E-state index contributed by atoms with van der Waals surface area (Å²) in [5, 5.41) is 12.0. The Kier molecular flexibility index (Phi) is 6.88. The number of carbonyl (C=O) groups excluding carboxylic acids is 3. The van der Waals surface area contributed by atoms with Crippen molar-refractivity contribution in [2.24, 2.45) is 0 Å². The van der Waals surface area contributed by atoms with Crippen LogP contribution in [0.2, 0.25) is 0 Å². The van der Waals surface area contributed by atoms with E-state index in [1.165, 1.54) is 38.3 Å². The highest BCUT2D eigenvalue weighted by Crippen LogP contribution is 2.38. The van der Waals surface area contributed by atoms with E-state index in [1.807, 2.05) is 6.07 Å². The second kappa shape index (κ2) is 9.48. The van der Waals surface area contributed by atoms with Crippen LogP contribution in [0.25, 0.3) is 0 Å². The van der Waals surface area contributed by atoms with Crippen molar-refractivity contribution < 1.29 is 32.3 Å². The minimum absolute atomic E-state index is 0.0400. The quantitative estimate of drug-likeness (QED) is 0.549. The number of anilines is 1. The Morgan fingerprint density at radius 1 is 1.21 bits per heavy atom. The molecule has 0 spiro atoms. The number of carbonyl (C=O) groups is 3. The van der Waals surface area contributed by atoms with Gasteiger partial charge < -0.3 is 14.8 Å². The lowest BCUT2D eigenvalue weighted by Crippen LogP contribution is -2.38. The molecule has 2 heterocycles. The molecule has 3 amide bonds. The fourth-order valence-electron chi connectivity index (χ4n) is 3.65. The zero-order valence-electron chi connectivity index (χ0n) is 18.9. The lowest BCUT2D eigenvalue weighted by atomic mass is 10.0. The number of amides is 3. The van der Waals surface area contributed by atoms with E-state index in [1.54, 1.807) is 6.92 Å². The first-order valence-electron chi connectivity index (χ1n) is 10.1. The van der Waals surface area contributed by atoms with E-state index in [4.69, 9.17) is 9.47 Å². The van der Waals surface area contributed by atoms with Crippen molar-refractivity contribution in [1.82, 2.24) is 9.88 Å². The van der Waals surface area contributed by atoms with Crippen LogP contribution in [0.3, 0.4) is 0 Å². The van der Waals surface area contributed by atoms with Crippen molar-refractivity contribution in [3.63, 3.8) is 0 Å². The molecule has 1 aromatic heterocycles. The van der Waals surface area contributed by atoms with Gasteiger partial charge in [0.15, 0.2) is 5.75 Å². The van der Waals surface area contributed by atoms with Crippen LogP contribution < -0.4 is 14.8 Å². The SMILES string of the molecule is CCOc1nc(C(CS(C)(=O)=O)N2C(=O)c3c(C#N)ccc(NC(C)=O)c3C2=O)ccc1OC. The summed E-state index contributed by atoms with van der Waals surface area (Å²) in [5.41, 5.74) is -0.366. The first kappa shape index (κ1) is 24.7. The number of nitrogens with one attached hydrogen (secondary N) is 1. The first-order chi connectivity index (χ1) is 16.0. The topological polar surface area (TPSA) is 156 Å². The molecule has 1 aliphatic rings. The zero-order chi connectivity index (χ0) is 25.2. The van der Waals surface area contributed by atoms with Gasteiger partial charge in [0.1, 0.15) is 9.84 Å². The molecule has 1 aromatic carbocycles. The smallest absolute Gasteiger partial charge is 0.264 e. The van der Waals surface area contributed by atoms with Gasteiger partial charge in [0.2, 0.25) is 5.91 Å². The number of sulfone groups is 1. The highest BCUT2D eigenvalue weighted by atomic mass is 32.2. The molecule has 1 atom stereocenters. The fraction of sp³-hybridized carbons (Fsp3) is 0.318. The molecule has 34 heavy (non-hydrogen) atoms. The molecular weight excluding hydrogens is 464 g/mol. The highest BCUT2D eigenvalue weighted by molar-refractivity contribution is 7.90. The molecule has 2 aromatic rings. The van der Waals surface area contributed by atoms with Gasteiger partial charge in [-0.15, -0.1) is 0 Å². The van der Waals surface area contributed by atoms with Crippen molar-refractivity contribution in [3.8, 4) is 17.7 Å². The van der Waals surface area contributed by atoms with Crippen LogP contribution in [0.15, 0.2) is 24.3 Å². The van der Waals surface area contributed by atoms with Crippen LogP contribution in [0.4, 0.5) is 5.69 Å². The minimum Gasteiger partial charge on any atom is -0.491 e. The molecule has 0 saturated heterocycles. The third kappa shape index (κ3) is 4.69. The van der Waals surface area contributed by atoms with Crippen LogP contribution in [-0.4, -0.2) is 61.7 Å². The molecule has 0 saturated carbocycles. The number of nitriles is 1. The molecule has 12 heteroatoms. The Labute approximate surface area is 196 Å². The van der Waals surface area contributed by atoms with Crippen molar-refractivity contribution in [2.75, 3.05) is 31.0 Å². The predicted molar refractivity (Wildman–Crippen MR) is 120 cm³/mol. The number of fused-ring (bicyclic) bond motifs is 1. The van der Waals surface area contributed by atoms with Gasteiger partial charge in [0, 0.05) is 13.2 Å². The van der Waals surface area contributed by atoms with Gasteiger partial charge in [0.05, 0.1) is 59.7 Å². The zero-order valence-corrected chi connectivity index (χ0v) is 19.7. The fourth-order valence-corrected chi connectivity index (χ4v) is 4.55. The van der Waals surface area contributed by atoms with Gasteiger partial charge in [0.25, 0.3) is 17.7 Å². The predicted octanol–water partition coefficient (Wildman–Crippen LogP) is 1.70. The lowest BCUT2D eigenvalue weighted by molar-refractivity contribution is -0.114. The van der Waals surface area contributed by atoms with Gasteiger partial charge in [-0.2, -0.15) is 5.26 Å². The number of pyridine rings is 1. The molecule has 11 nitrogen and oxygen atoms in total. The average molecular weight is 487 g/mol. The number of imide groups is 1. The number of nitrogens with zero attached hydrogens (tertiary/aromatic N) is 3. The molecule has 1 aliphatic heterocycles. The maximum atomic E-state index is 13.5. The van der Waals surface area contributed by atoms with Gasteiger partial charge >= 0.3 is 0 Å². The number of benzene rings is 1. The number of methoxy groups -OCH3 is 1. The Morgan fingerprint density at radius 3 is 2.44 bits per heavy atom. The van der Waals surface area contributed by atoms with E-state index in [0.717, 1.165) is 11.2 Å². The number of rotatable bonds is 8. The van der Waals surface area contributed by atoms with E-state index >= 15 is 0 Å². The van der Waals surface area contributed by atoms with Crippen molar-refractivity contribution in [1.29, 1.82) is 5.26 Å². The summed E-state index contributed by atoms with van der Waals surface area (Å²) in [4.78, 5) is 43.6. The molecule has 0 fully saturated rings. The number of ether oxygens (including phenoxy) is 2. The van der Waals surface area contributed by atoms with Crippen LogP contribution >= 0.6 is 0 Å². The van der Waals surface area contributed by atoms with E-state index in [-0.39, 0.29) is 46.3 Å². The van der Waals surface area contributed by atoms with Gasteiger partial charge in [-0.3, -0.25) is 19.3 Å². The Balaban J connectivity index is 2.21. The molecule has 0 radical (unpaired) electrons. The molecule has 1 N–H and O–H groups in total. The third-order valence-electron chi connectivity index (χ3n) is 4.96. The minimum atomic E-state index is -3.72. The summed E-state index contributed by atoms with van der Waals surface area (Å²) in [6, 6.07) is 6.11. The summed E-state index contributed by atoms with van der Waals surface area (Å²) >= 11 is 0. The summed E-state index contributed by atoms with van der Waals surface area (Å²) < 4.78 is 35.2. The summed E-state index contributed by atoms with van der Waals surface area (Å²) in [6.07, 6.45) is 0.967. The van der Waals surface area contributed by atoms with E-state index < -0.39 is 39.4 Å². The Morgan fingerprint density at radius 2 is 1.88 bits per heavy atom. The van der Waals surface area contributed by atoms with E-state index in [2.05, 4.69) is 10.3 Å². The molecule has 178 valence electrons. The Bertz CT molecular complexity index is 1330.